The molecule has 58 heavy (non-hydrogen) atoms. The zero-order valence-electron chi connectivity index (χ0n) is 31.5. The normalized spacial score (nSPS) is 13.0. The second-order valence-electron chi connectivity index (χ2n) is 15.2. The molecule has 11 aromatic rings. The van der Waals surface area contributed by atoms with Gasteiger partial charge in [-0.25, -0.2) is 0 Å². The summed E-state index contributed by atoms with van der Waals surface area (Å²) in [6, 6.07) is 78.7. The van der Waals surface area contributed by atoms with Gasteiger partial charge in [0.15, 0.2) is 0 Å². The molecule has 9 aromatic carbocycles. The quantitative estimate of drug-likeness (QED) is 0.163. The van der Waals surface area contributed by atoms with E-state index < -0.39 is 5.41 Å². The first-order chi connectivity index (χ1) is 28.8. The number of fused-ring (bicyclic) bond motifs is 9. The smallest absolute Gasteiger partial charge is 0.0713 e. The van der Waals surface area contributed by atoms with Crippen molar-refractivity contribution in [3.05, 3.63) is 235 Å². The number of rotatable bonds is 6. The summed E-state index contributed by atoms with van der Waals surface area (Å²) in [5, 5.41) is 5.24. The van der Waals surface area contributed by atoms with Gasteiger partial charge in [-0.2, -0.15) is 0 Å². The minimum absolute atomic E-state index is 0.444. The molecule has 3 heteroatoms. The topological polar surface area (TPSA) is 3.24 Å². The summed E-state index contributed by atoms with van der Waals surface area (Å²) in [6.07, 6.45) is 0. The van der Waals surface area contributed by atoms with Crippen LogP contribution in [0.2, 0.25) is 0 Å². The van der Waals surface area contributed by atoms with Gasteiger partial charge in [-0.1, -0.05) is 164 Å². The van der Waals surface area contributed by atoms with Crippen molar-refractivity contribution in [1.82, 2.24) is 0 Å². The maximum absolute atomic E-state index is 2.48. The molecular weight excluding hydrogens is 739 g/mol. The number of hydrogen-bond acceptors (Lipinski definition) is 3. The highest BCUT2D eigenvalue weighted by molar-refractivity contribution is 7.26. The molecule has 1 nitrogen and oxygen atoms in total. The highest BCUT2D eigenvalue weighted by Crippen LogP contribution is 2.57. The van der Waals surface area contributed by atoms with E-state index in [4.69, 9.17) is 0 Å². The maximum atomic E-state index is 2.48. The van der Waals surface area contributed by atoms with Gasteiger partial charge in [0.1, 0.15) is 0 Å². The first-order valence-corrected chi connectivity index (χ1v) is 21.5. The zero-order chi connectivity index (χ0) is 38.2. The van der Waals surface area contributed by atoms with Crippen LogP contribution in [0.1, 0.15) is 22.3 Å². The van der Waals surface area contributed by atoms with E-state index in [9.17, 15) is 0 Å². The van der Waals surface area contributed by atoms with E-state index in [-0.39, 0.29) is 0 Å². The highest BCUT2D eigenvalue weighted by Gasteiger charge is 2.46. The number of anilines is 3. The standard InChI is InChI=1S/C55H35NS2/c1-3-14-38(15-4-1)55(39-16-5-2-6-17-39)48-22-10-7-18-42(48)47-35-41(31-33-49(47)55)56(50-23-13-21-46-44-20-9-12-25-52(44)58-54(46)50)40-29-26-36(27-30-40)37-28-32-45-43-19-8-11-24-51(43)57-53(45)34-37/h1-35H. The lowest BCUT2D eigenvalue weighted by Crippen LogP contribution is -2.28. The fourth-order valence-electron chi connectivity index (χ4n) is 9.62. The van der Waals surface area contributed by atoms with Crippen LogP contribution in [0.15, 0.2) is 212 Å². The van der Waals surface area contributed by atoms with Crippen molar-refractivity contribution in [2.75, 3.05) is 4.90 Å². The van der Waals surface area contributed by atoms with Gasteiger partial charge in [0.2, 0.25) is 0 Å². The Morgan fingerprint density at radius 1 is 0.345 bits per heavy atom. The van der Waals surface area contributed by atoms with Crippen LogP contribution in [0.25, 0.3) is 62.6 Å². The van der Waals surface area contributed by atoms with Crippen molar-refractivity contribution >= 4 is 80.1 Å². The van der Waals surface area contributed by atoms with Crippen LogP contribution in [-0.4, -0.2) is 0 Å². The van der Waals surface area contributed by atoms with E-state index in [1.165, 1.54) is 90.5 Å². The van der Waals surface area contributed by atoms with Gasteiger partial charge in [-0.05, 0) is 93.0 Å². The molecule has 0 saturated carbocycles. The van der Waals surface area contributed by atoms with Crippen LogP contribution < -0.4 is 4.90 Å². The molecule has 0 radical (unpaired) electrons. The molecule has 2 heterocycles. The second kappa shape index (κ2) is 13.1. The monoisotopic (exact) mass is 773 g/mol. The molecule has 0 bridgehead atoms. The van der Waals surface area contributed by atoms with Crippen molar-refractivity contribution < 1.29 is 0 Å². The minimum Gasteiger partial charge on any atom is -0.309 e. The van der Waals surface area contributed by atoms with Gasteiger partial charge in [-0.3, -0.25) is 0 Å². The predicted octanol–water partition coefficient (Wildman–Crippen LogP) is 15.9. The molecule has 1 aliphatic carbocycles. The molecular formula is C55H35NS2. The molecule has 1 aliphatic rings. The molecule has 0 unspecified atom stereocenters. The number of benzene rings is 9. The molecule has 0 fully saturated rings. The lowest BCUT2D eigenvalue weighted by Gasteiger charge is -2.34. The van der Waals surface area contributed by atoms with Crippen molar-refractivity contribution in [3.63, 3.8) is 0 Å². The summed E-state index contributed by atoms with van der Waals surface area (Å²) < 4.78 is 5.24. The van der Waals surface area contributed by atoms with Gasteiger partial charge >= 0.3 is 0 Å². The van der Waals surface area contributed by atoms with Gasteiger partial charge in [-0.15, -0.1) is 22.7 Å². The Balaban J connectivity index is 1.06. The van der Waals surface area contributed by atoms with E-state index in [2.05, 4.69) is 217 Å². The van der Waals surface area contributed by atoms with Crippen LogP contribution >= 0.6 is 22.7 Å². The number of thiophene rings is 2. The highest BCUT2D eigenvalue weighted by atomic mass is 32.1. The largest absolute Gasteiger partial charge is 0.309 e. The van der Waals surface area contributed by atoms with Crippen LogP contribution in [-0.2, 0) is 5.41 Å². The third kappa shape index (κ3) is 4.94. The zero-order valence-corrected chi connectivity index (χ0v) is 33.1. The Labute approximate surface area is 345 Å². The molecule has 2 aromatic heterocycles. The van der Waals surface area contributed by atoms with Gasteiger partial charge in [0.25, 0.3) is 0 Å². The lowest BCUT2D eigenvalue weighted by atomic mass is 9.68. The molecule has 0 saturated heterocycles. The third-order valence-corrected chi connectivity index (χ3v) is 14.5. The van der Waals surface area contributed by atoms with Crippen molar-refractivity contribution in [1.29, 1.82) is 0 Å². The molecule has 0 spiro atoms. The summed E-state index contributed by atoms with van der Waals surface area (Å²) in [7, 11) is 0. The first-order valence-electron chi connectivity index (χ1n) is 19.8. The van der Waals surface area contributed by atoms with Crippen molar-refractivity contribution in [3.8, 4) is 22.3 Å². The Morgan fingerprint density at radius 2 is 0.914 bits per heavy atom. The molecule has 12 rings (SSSR count). The third-order valence-electron chi connectivity index (χ3n) is 12.2. The van der Waals surface area contributed by atoms with Crippen LogP contribution in [0.5, 0.6) is 0 Å². The summed E-state index contributed by atoms with van der Waals surface area (Å²) in [5.41, 5.74) is 13.2. The van der Waals surface area contributed by atoms with Gasteiger partial charge in [0.05, 0.1) is 15.8 Å². The van der Waals surface area contributed by atoms with Crippen LogP contribution in [0, 0.1) is 0 Å². The SMILES string of the molecule is c1ccc(C2(c3ccccc3)c3ccccc3-c3cc(N(c4ccc(-c5ccc6c(c5)sc5ccccc56)cc4)c4cccc5c4sc4ccccc45)ccc32)cc1. The molecule has 0 aliphatic heterocycles. The van der Waals surface area contributed by atoms with E-state index in [1.54, 1.807) is 0 Å². The first kappa shape index (κ1) is 33.4. The summed E-state index contributed by atoms with van der Waals surface area (Å²) >= 11 is 3.75. The summed E-state index contributed by atoms with van der Waals surface area (Å²) in [5.74, 6) is 0. The molecule has 0 amide bonds. The molecule has 0 N–H and O–H groups in total. The predicted molar refractivity (Wildman–Crippen MR) is 250 cm³/mol. The second-order valence-corrected chi connectivity index (χ2v) is 17.3. The van der Waals surface area contributed by atoms with Crippen LogP contribution in [0.4, 0.5) is 17.1 Å². The van der Waals surface area contributed by atoms with E-state index >= 15 is 0 Å². The van der Waals surface area contributed by atoms with Crippen molar-refractivity contribution in [2.24, 2.45) is 0 Å². The lowest BCUT2D eigenvalue weighted by molar-refractivity contribution is 0.768. The Bertz CT molecular complexity index is 3300. The van der Waals surface area contributed by atoms with E-state index in [0.29, 0.717) is 0 Å². The molecule has 0 atom stereocenters. The average molecular weight is 774 g/mol. The minimum atomic E-state index is -0.444. The summed E-state index contributed by atoms with van der Waals surface area (Å²) in [4.78, 5) is 2.48. The van der Waals surface area contributed by atoms with Crippen LogP contribution in [0.3, 0.4) is 0 Å². The Morgan fingerprint density at radius 3 is 1.67 bits per heavy atom. The Hall–Kier alpha value is -6.78. The summed E-state index contributed by atoms with van der Waals surface area (Å²) in [6.45, 7) is 0. The maximum Gasteiger partial charge on any atom is 0.0713 e. The average Bonchev–Trinajstić information content (AvgIpc) is 3.96. The van der Waals surface area contributed by atoms with E-state index in [1.807, 2.05) is 22.7 Å². The van der Waals surface area contributed by atoms with E-state index in [0.717, 1.165) is 11.4 Å². The van der Waals surface area contributed by atoms with Crippen molar-refractivity contribution in [2.45, 2.75) is 5.41 Å². The number of nitrogens with zero attached hydrogens (tertiary/aromatic N) is 1. The number of hydrogen-bond donors (Lipinski definition) is 0. The van der Waals surface area contributed by atoms with Gasteiger partial charge < -0.3 is 4.90 Å². The molecule has 272 valence electrons. The Kier molecular flexibility index (Phi) is 7.56. The van der Waals surface area contributed by atoms with Gasteiger partial charge in [0, 0.05) is 47.0 Å². The fraction of sp³-hybridized carbons (Fsp3) is 0.0182. The fourth-order valence-corrected chi connectivity index (χ4v) is 12.0.